The first kappa shape index (κ1) is 17.6. The predicted octanol–water partition coefficient (Wildman–Crippen LogP) is 4.35. The van der Waals surface area contributed by atoms with Gasteiger partial charge in [0, 0.05) is 13.5 Å². The Kier molecular flexibility index (Phi) is 4.14. The third-order valence-electron chi connectivity index (χ3n) is 5.16. The lowest BCUT2D eigenvalue weighted by molar-refractivity contribution is -0.191. The minimum Gasteiger partial charge on any atom is -0.485 e. The average molecular weight is 387 g/mol. The van der Waals surface area contributed by atoms with E-state index in [2.05, 4.69) is 4.99 Å². The van der Waals surface area contributed by atoms with E-state index in [9.17, 15) is 0 Å². The van der Waals surface area contributed by atoms with Gasteiger partial charge in [-0.3, -0.25) is 0 Å². The van der Waals surface area contributed by atoms with Crippen LogP contribution >= 0.6 is 0 Å². The van der Waals surface area contributed by atoms with Crippen molar-refractivity contribution in [2.45, 2.75) is 18.2 Å². The fourth-order valence-corrected chi connectivity index (χ4v) is 3.76. The van der Waals surface area contributed by atoms with Gasteiger partial charge in [-0.15, -0.1) is 0 Å². The summed E-state index contributed by atoms with van der Waals surface area (Å²) < 4.78 is 12.3. The van der Waals surface area contributed by atoms with E-state index in [1.807, 2.05) is 78.9 Å². The first-order chi connectivity index (χ1) is 14.1. The number of benzene rings is 3. The molecule has 0 radical (unpaired) electrons. The Morgan fingerprint density at radius 2 is 1.72 bits per heavy atom. The van der Waals surface area contributed by atoms with Crippen LogP contribution < -0.4 is 15.2 Å². The van der Waals surface area contributed by atoms with Crippen LogP contribution in [0.2, 0.25) is 0 Å². The minimum atomic E-state index is -0.955. The number of hydroxylamine groups is 2. The van der Waals surface area contributed by atoms with Crippen molar-refractivity contribution in [2.24, 2.45) is 10.7 Å². The van der Waals surface area contributed by atoms with Crippen LogP contribution in [0.1, 0.15) is 23.7 Å². The summed E-state index contributed by atoms with van der Waals surface area (Å²) in [6.07, 6.45) is 0.303. The molecule has 2 heterocycles. The van der Waals surface area contributed by atoms with Crippen molar-refractivity contribution in [1.82, 2.24) is 5.06 Å². The van der Waals surface area contributed by atoms with Gasteiger partial charge in [0.2, 0.25) is 11.7 Å². The van der Waals surface area contributed by atoms with E-state index in [-0.39, 0.29) is 6.10 Å². The zero-order chi connectivity index (χ0) is 19.8. The smallest absolute Gasteiger partial charge is 0.222 e. The molecule has 2 aliphatic heterocycles. The lowest BCUT2D eigenvalue weighted by atomic mass is 9.90. The topological polar surface area (TPSA) is 69.3 Å². The number of aliphatic imine (C=N–C) groups is 1. The maximum absolute atomic E-state index is 6.32. The molecule has 2 unspecified atom stereocenters. The maximum atomic E-state index is 6.32. The summed E-state index contributed by atoms with van der Waals surface area (Å²) in [5.74, 6) is 2.48. The van der Waals surface area contributed by atoms with E-state index in [4.69, 9.17) is 20.0 Å². The second-order valence-electron chi connectivity index (χ2n) is 7.14. The number of nitrogens with zero attached hydrogens (tertiary/aromatic N) is 2. The molecule has 29 heavy (non-hydrogen) atoms. The zero-order valence-corrected chi connectivity index (χ0v) is 16.0. The normalized spacial score (nSPS) is 22.7. The highest BCUT2D eigenvalue weighted by Crippen LogP contribution is 2.50. The van der Waals surface area contributed by atoms with Crippen LogP contribution in [0, 0.1) is 0 Å². The summed E-state index contributed by atoms with van der Waals surface area (Å²) >= 11 is 0. The number of fused-ring (bicyclic) bond motifs is 2. The number of hydrogen-bond donors (Lipinski definition) is 1. The molecule has 0 aliphatic carbocycles. The Labute approximate surface area is 169 Å². The highest BCUT2D eigenvalue weighted by atomic mass is 16.7. The summed E-state index contributed by atoms with van der Waals surface area (Å²) in [6, 6.07) is 25.4. The lowest BCUT2D eigenvalue weighted by Crippen LogP contribution is -2.36. The summed E-state index contributed by atoms with van der Waals surface area (Å²) in [5.41, 5.74) is 6.97. The Morgan fingerprint density at radius 1 is 1.00 bits per heavy atom. The molecule has 0 fully saturated rings. The van der Waals surface area contributed by atoms with E-state index in [0.29, 0.717) is 23.9 Å². The summed E-state index contributed by atoms with van der Waals surface area (Å²) in [7, 11) is 1.75. The number of ether oxygens (including phenoxy) is 2. The third kappa shape index (κ3) is 3.17. The molecule has 0 saturated carbocycles. The molecule has 0 bridgehead atoms. The molecule has 3 aromatic carbocycles. The summed E-state index contributed by atoms with van der Waals surface area (Å²) in [6.45, 7) is 0. The van der Waals surface area contributed by atoms with Crippen molar-refractivity contribution in [3.8, 4) is 17.2 Å². The van der Waals surface area contributed by atoms with Crippen molar-refractivity contribution in [1.29, 1.82) is 0 Å². The predicted molar refractivity (Wildman–Crippen MR) is 110 cm³/mol. The molecule has 0 aromatic heterocycles. The van der Waals surface area contributed by atoms with E-state index in [1.165, 1.54) is 5.06 Å². The molecular weight excluding hydrogens is 366 g/mol. The average Bonchev–Trinajstić information content (AvgIpc) is 3.03. The molecule has 2 aliphatic rings. The van der Waals surface area contributed by atoms with Crippen LogP contribution in [0.5, 0.6) is 17.2 Å². The van der Waals surface area contributed by atoms with Crippen LogP contribution in [0.15, 0.2) is 83.9 Å². The highest BCUT2D eigenvalue weighted by molar-refractivity contribution is 5.78. The second kappa shape index (κ2) is 6.83. The molecule has 2 N–H and O–H groups in total. The number of hydrogen-bond acceptors (Lipinski definition) is 6. The van der Waals surface area contributed by atoms with Gasteiger partial charge in [-0.25, -0.2) is 14.9 Å². The van der Waals surface area contributed by atoms with Gasteiger partial charge < -0.3 is 15.2 Å². The molecule has 6 heteroatoms. The standard InChI is InChI=1S/C23H21N3O3/c1-26-22(24)25-23(29-26)15-21(16-8-4-2-5-9-16)28-20-13-12-18(14-19(20)23)27-17-10-6-3-7-11-17/h2-14,21H,15H2,1H3,(H2,24,25). The first-order valence-corrected chi connectivity index (χ1v) is 9.50. The number of rotatable bonds is 3. The van der Waals surface area contributed by atoms with E-state index in [1.54, 1.807) is 7.05 Å². The molecule has 0 amide bonds. The molecule has 2 atom stereocenters. The van der Waals surface area contributed by atoms with Crippen LogP contribution in [-0.2, 0) is 10.6 Å². The maximum Gasteiger partial charge on any atom is 0.222 e. The first-order valence-electron chi connectivity index (χ1n) is 9.50. The van der Waals surface area contributed by atoms with Crippen molar-refractivity contribution in [3.63, 3.8) is 0 Å². The highest BCUT2D eigenvalue weighted by Gasteiger charge is 2.49. The largest absolute Gasteiger partial charge is 0.485 e. The van der Waals surface area contributed by atoms with Gasteiger partial charge in [-0.1, -0.05) is 48.5 Å². The SMILES string of the molecule is CN1OC2(CC(c3ccccc3)Oc3ccc(Oc4ccccc4)cc32)N=C1N. The second-order valence-corrected chi connectivity index (χ2v) is 7.14. The van der Waals surface area contributed by atoms with Gasteiger partial charge in [-0.05, 0) is 35.9 Å². The molecule has 6 nitrogen and oxygen atoms in total. The molecular formula is C23H21N3O3. The van der Waals surface area contributed by atoms with Crippen LogP contribution in [0.25, 0.3) is 0 Å². The lowest BCUT2D eigenvalue weighted by Gasteiger charge is -2.37. The number of guanidine groups is 1. The van der Waals surface area contributed by atoms with Gasteiger partial charge in [-0.2, -0.15) is 0 Å². The van der Waals surface area contributed by atoms with Gasteiger partial charge >= 0.3 is 0 Å². The van der Waals surface area contributed by atoms with Crippen molar-refractivity contribution < 1.29 is 14.3 Å². The number of nitrogens with two attached hydrogens (primary N) is 1. The van der Waals surface area contributed by atoms with Crippen LogP contribution in [-0.4, -0.2) is 18.1 Å². The molecule has 3 aromatic rings. The van der Waals surface area contributed by atoms with E-state index < -0.39 is 5.72 Å². The fraction of sp³-hybridized carbons (Fsp3) is 0.174. The Hall–Kier alpha value is -3.51. The van der Waals surface area contributed by atoms with Gasteiger partial charge in [0.05, 0.1) is 5.56 Å². The summed E-state index contributed by atoms with van der Waals surface area (Å²) in [5, 5.41) is 1.50. The Morgan fingerprint density at radius 3 is 2.41 bits per heavy atom. The van der Waals surface area contributed by atoms with Crippen molar-refractivity contribution in [2.75, 3.05) is 7.05 Å². The van der Waals surface area contributed by atoms with Crippen LogP contribution in [0.4, 0.5) is 0 Å². The van der Waals surface area contributed by atoms with Gasteiger partial charge in [0.1, 0.15) is 23.4 Å². The van der Waals surface area contributed by atoms with Crippen molar-refractivity contribution in [3.05, 3.63) is 90.0 Å². The zero-order valence-electron chi connectivity index (χ0n) is 16.0. The Balaban J connectivity index is 1.56. The monoisotopic (exact) mass is 387 g/mol. The quantitative estimate of drug-likeness (QED) is 0.724. The molecule has 5 rings (SSSR count). The fourth-order valence-electron chi connectivity index (χ4n) is 3.76. The van der Waals surface area contributed by atoms with Crippen molar-refractivity contribution >= 4 is 5.96 Å². The minimum absolute atomic E-state index is 0.201. The third-order valence-corrected chi connectivity index (χ3v) is 5.16. The Bertz CT molecular complexity index is 1060. The van der Waals surface area contributed by atoms with E-state index >= 15 is 0 Å². The summed E-state index contributed by atoms with van der Waals surface area (Å²) in [4.78, 5) is 10.8. The van der Waals surface area contributed by atoms with Gasteiger partial charge in [0.15, 0.2) is 0 Å². The molecule has 146 valence electrons. The van der Waals surface area contributed by atoms with Gasteiger partial charge in [0.25, 0.3) is 0 Å². The number of para-hydroxylation sites is 1. The van der Waals surface area contributed by atoms with E-state index in [0.717, 1.165) is 16.9 Å². The molecule has 0 saturated heterocycles. The van der Waals surface area contributed by atoms with Crippen LogP contribution in [0.3, 0.4) is 0 Å². The molecule has 1 spiro atoms.